The summed E-state index contributed by atoms with van der Waals surface area (Å²) in [4.78, 5) is 27.6. The van der Waals surface area contributed by atoms with Crippen LogP contribution in [0.2, 0.25) is 10.2 Å². The second kappa shape index (κ2) is 7.42. The summed E-state index contributed by atoms with van der Waals surface area (Å²) in [6, 6.07) is 6.54. The molecule has 1 aromatic carbocycles. The summed E-state index contributed by atoms with van der Waals surface area (Å²) in [6.45, 7) is 0.0250. The van der Waals surface area contributed by atoms with Gasteiger partial charge in [-0.2, -0.15) is 0 Å². The maximum Gasteiger partial charge on any atom is 0.306 e. The number of Topliss-reactive ketones (excluding diaryl/α,β-unsaturated/α-hetero) is 1. The molecule has 0 spiro atoms. The molecule has 0 N–H and O–H groups in total. The molecule has 0 amide bonds. The van der Waals surface area contributed by atoms with E-state index in [4.69, 9.17) is 27.9 Å². The number of aromatic nitrogens is 2. The van der Waals surface area contributed by atoms with Gasteiger partial charge in [0.2, 0.25) is 0 Å². The Bertz CT molecular complexity index is 681. The van der Waals surface area contributed by atoms with Crippen LogP contribution in [0.4, 0.5) is 0 Å². The fourth-order valence-corrected chi connectivity index (χ4v) is 2.04. The van der Waals surface area contributed by atoms with E-state index in [1.54, 1.807) is 35.9 Å². The molecule has 0 radical (unpaired) electrons. The van der Waals surface area contributed by atoms with Crippen LogP contribution in [0.1, 0.15) is 29.0 Å². The van der Waals surface area contributed by atoms with Gasteiger partial charge in [0, 0.05) is 24.1 Å². The van der Waals surface area contributed by atoms with Crippen LogP contribution in [0, 0.1) is 0 Å². The normalized spacial score (nSPS) is 10.5. The molecule has 0 saturated carbocycles. The summed E-state index contributed by atoms with van der Waals surface area (Å²) in [6.07, 6.45) is 1.58. The lowest BCUT2D eigenvalue weighted by Crippen LogP contribution is -2.10. The minimum atomic E-state index is -0.457. The van der Waals surface area contributed by atoms with Crippen LogP contribution in [-0.4, -0.2) is 21.3 Å². The molecule has 0 aliphatic carbocycles. The highest BCUT2D eigenvalue weighted by Gasteiger charge is 2.12. The minimum absolute atomic E-state index is 0.0135. The molecular weight excluding hydrogens is 327 g/mol. The van der Waals surface area contributed by atoms with Gasteiger partial charge in [0.15, 0.2) is 5.78 Å². The molecule has 7 heteroatoms. The molecular formula is C15H14Cl2N2O3. The van der Waals surface area contributed by atoms with E-state index in [1.807, 2.05) is 0 Å². The molecule has 22 heavy (non-hydrogen) atoms. The third-order valence-corrected chi connectivity index (χ3v) is 3.72. The van der Waals surface area contributed by atoms with Crippen LogP contribution in [0.5, 0.6) is 0 Å². The van der Waals surface area contributed by atoms with Crippen LogP contribution in [0.3, 0.4) is 0 Å². The summed E-state index contributed by atoms with van der Waals surface area (Å²) >= 11 is 11.6. The van der Waals surface area contributed by atoms with E-state index in [9.17, 15) is 9.59 Å². The van der Waals surface area contributed by atoms with Crippen LogP contribution in [0.25, 0.3) is 0 Å². The largest absolute Gasteiger partial charge is 0.457 e. The Morgan fingerprint density at radius 2 is 1.86 bits per heavy atom. The van der Waals surface area contributed by atoms with Gasteiger partial charge in [0.05, 0.1) is 12.6 Å². The molecule has 1 aromatic heterocycles. The fraction of sp³-hybridized carbons (Fsp3) is 0.267. The first kappa shape index (κ1) is 16.5. The molecule has 2 rings (SSSR count). The summed E-state index contributed by atoms with van der Waals surface area (Å²) in [5, 5.41) is 1.02. The molecule has 0 aliphatic heterocycles. The lowest BCUT2D eigenvalue weighted by atomic mass is 10.1. The van der Waals surface area contributed by atoms with Crippen molar-refractivity contribution in [1.29, 1.82) is 0 Å². The summed E-state index contributed by atoms with van der Waals surface area (Å²) in [5.41, 5.74) is 0.521. The highest BCUT2D eigenvalue weighted by atomic mass is 35.5. The Morgan fingerprint density at radius 3 is 2.45 bits per heavy atom. The maximum atomic E-state index is 11.9. The van der Waals surface area contributed by atoms with E-state index < -0.39 is 5.97 Å². The predicted molar refractivity (Wildman–Crippen MR) is 83.0 cm³/mol. The van der Waals surface area contributed by atoms with Crippen molar-refractivity contribution >= 4 is 35.0 Å². The van der Waals surface area contributed by atoms with Crippen LogP contribution in [-0.2, 0) is 23.2 Å². The van der Waals surface area contributed by atoms with E-state index >= 15 is 0 Å². The van der Waals surface area contributed by atoms with Gasteiger partial charge in [-0.25, -0.2) is 4.98 Å². The van der Waals surface area contributed by atoms with Crippen molar-refractivity contribution in [3.05, 3.63) is 52.0 Å². The van der Waals surface area contributed by atoms with Crippen LogP contribution in [0.15, 0.2) is 30.5 Å². The molecule has 0 bridgehead atoms. The second-order valence-electron chi connectivity index (χ2n) is 4.65. The summed E-state index contributed by atoms with van der Waals surface area (Å²) in [7, 11) is 1.72. The van der Waals surface area contributed by atoms with Crippen LogP contribution < -0.4 is 0 Å². The molecule has 0 atom stereocenters. The number of ether oxygens (including phenoxy) is 1. The van der Waals surface area contributed by atoms with Crippen molar-refractivity contribution in [2.75, 3.05) is 0 Å². The number of esters is 1. The zero-order chi connectivity index (χ0) is 16.1. The number of rotatable bonds is 6. The fourth-order valence-electron chi connectivity index (χ4n) is 1.77. The van der Waals surface area contributed by atoms with Gasteiger partial charge in [-0.3, -0.25) is 9.59 Å². The second-order valence-corrected chi connectivity index (χ2v) is 5.47. The number of ketones is 1. The Balaban J connectivity index is 1.79. The monoisotopic (exact) mass is 340 g/mol. The van der Waals surface area contributed by atoms with Gasteiger partial charge in [-0.05, 0) is 24.3 Å². The van der Waals surface area contributed by atoms with E-state index in [0.717, 1.165) is 0 Å². The van der Waals surface area contributed by atoms with Gasteiger partial charge in [0.1, 0.15) is 17.6 Å². The zero-order valence-electron chi connectivity index (χ0n) is 11.9. The number of carbonyl (C=O) groups excluding carboxylic acids is 2. The number of benzene rings is 1. The van der Waals surface area contributed by atoms with Gasteiger partial charge in [0.25, 0.3) is 0 Å². The van der Waals surface area contributed by atoms with Gasteiger partial charge in [-0.15, -0.1) is 0 Å². The minimum Gasteiger partial charge on any atom is -0.457 e. The third-order valence-electron chi connectivity index (χ3n) is 3.11. The molecule has 1 heterocycles. The number of imidazole rings is 1. The Kier molecular flexibility index (Phi) is 5.57. The molecule has 116 valence electrons. The average Bonchev–Trinajstić information content (AvgIpc) is 2.83. The Labute approximate surface area is 137 Å². The molecule has 0 unspecified atom stereocenters. The third kappa shape index (κ3) is 4.32. The molecule has 5 nitrogen and oxygen atoms in total. The van der Waals surface area contributed by atoms with Gasteiger partial charge in [-0.1, -0.05) is 23.2 Å². The standard InChI is InChI=1S/C15H14Cl2N2O3/c1-19-13(17)8-18-14(19)9-22-15(21)7-6-12(20)10-2-4-11(16)5-3-10/h2-5,8H,6-7,9H2,1H3. The number of carbonyl (C=O) groups is 2. The molecule has 0 fully saturated rings. The van der Waals surface area contributed by atoms with Crippen LogP contribution >= 0.6 is 23.2 Å². The van der Waals surface area contributed by atoms with Crippen molar-refractivity contribution in [3.63, 3.8) is 0 Å². The van der Waals surface area contributed by atoms with Crippen molar-refractivity contribution in [3.8, 4) is 0 Å². The van der Waals surface area contributed by atoms with Gasteiger partial charge < -0.3 is 9.30 Å². The molecule has 0 saturated heterocycles. The van der Waals surface area contributed by atoms with E-state index in [0.29, 0.717) is 21.6 Å². The highest BCUT2D eigenvalue weighted by molar-refractivity contribution is 6.30. The van der Waals surface area contributed by atoms with Crippen molar-refractivity contribution in [1.82, 2.24) is 9.55 Å². The number of hydrogen-bond acceptors (Lipinski definition) is 4. The molecule has 2 aromatic rings. The van der Waals surface area contributed by atoms with E-state index in [-0.39, 0.29) is 25.2 Å². The summed E-state index contributed by atoms with van der Waals surface area (Å²) in [5.74, 6) is -0.0440. The first-order chi connectivity index (χ1) is 10.5. The van der Waals surface area contributed by atoms with E-state index in [1.165, 1.54) is 6.20 Å². The Hall–Kier alpha value is -1.85. The van der Waals surface area contributed by atoms with Gasteiger partial charge >= 0.3 is 5.97 Å². The first-order valence-electron chi connectivity index (χ1n) is 6.58. The maximum absolute atomic E-state index is 11.9. The first-order valence-corrected chi connectivity index (χ1v) is 7.33. The topological polar surface area (TPSA) is 61.2 Å². The molecule has 0 aliphatic rings. The van der Waals surface area contributed by atoms with Crippen molar-refractivity contribution in [2.24, 2.45) is 7.05 Å². The zero-order valence-corrected chi connectivity index (χ0v) is 13.4. The lowest BCUT2D eigenvalue weighted by molar-refractivity contribution is -0.145. The summed E-state index contributed by atoms with van der Waals surface area (Å²) < 4.78 is 6.69. The SMILES string of the molecule is Cn1c(Cl)cnc1COC(=O)CCC(=O)c1ccc(Cl)cc1. The highest BCUT2D eigenvalue weighted by Crippen LogP contribution is 2.13. The lowest BCUT2D eigenvalue weighted by Gasteiger charge is -2.05. The quantitative estimate of drug-likeness (QED) is 0.597. The van der Waals surface area contributed by atoms with Crippen molar-refractivity contribution < 1.29 is 14.3 Å². The average molecular weight is 341 g/mol. The number of halogens is 2. The van der Waals surface area contributed by atoms with E-state index in [2.05, 4.69) is 4.98 Å². The van der Waals surface area contributed by atoms with Crippen molar-refractivity contribution in [2.45, 2.75) is 19.4 Å². The predicted octanol–water partition coefficient (Wildman–Crippen LogP) is 3.43. The smallest absolute Gasteiger partial charge is 0.306 e. The number of nitrogens with zero attached hydrogens (tertiary/aromatic N) is 2. The Morgan fingerprint density at radius 1 is 1.18 bits per heavy atom. The number of hydrogen-bond donors (Lipinski definition) is 0.